The summed E-state index contributed by atoms with van der Waals surface area (Å²) in [6, 6.07) is 0. The maximum Gasteiger partial charge on any atom is 0.308 e. The molecule has 0 radical (unpaired) electrons. The van der Waals surface area contributed by atoms with Gasteiger partial charge in [0.05, 0.1) is 19.1 Å². The summed E-state index contributed by atoms with van der Waals surface area (Å²) in [4.78, 5) is 24.9. The maximum absolute atomic E-state index is 12.8. The zero-order valence-corrected chi connectivity index (χ0v) is 27.0. The Morgan fingerprint density at radius 2 is 1.34 bits per heavy atom. The molecule has 1 saturated carbocycles. The molecule has 5 fully saturated rings. The number of ether oxygens (including phenoxy) is 3. The lowest BCUT2D eigenvalue weighted by atomic mass is 9.57. The molecule has 0 N–H and O–H groups in total. The molecule has 41 heavy (non-hydrogen) atoms. The van der Waals surface area contributed by atoms with Gasteiger partial charge in [0, 0.05) is 12.3 Å². The van der Waals surface area contributed by atoms with Gasteiger partial charge in [0.2, 0.25) is 5.79 Å². The van der Waals surface area contributed by atoms with Crippen molar-refractivity contribution >= 4 is 5.97 Å². The van der Waals surface area contributed by atoms with E-state index in [1.165, 1.54) is 96.3 Å². The second-order valence-electron chi connectivity index (χ2n) is 14.2. The summed E-state index contributed by atoms with van der Waals surface area (Å²) in [7, 11) is 0. The number of carbonyl (C=O) groups is 1. The maximum atomic E-state index is 12.8. The Bertz CT molecular complexity index is 774. The highest BCUT2D eigenvalue weighted by atomic mass is 17.3. The molecule has 1 aliphatic carbocycles. The van der Waals surface area contributed by atoms with E-state index in [4.69, 9.17) is 24.0 Å². The number of esters is 1. The average molecular weight is 579 g/mol. The van der Waals surface area contributed by atoms with Crippen LogP contribution in [0.5, 0.6) is 0 Å². The second kappa shape index (κ2) is 16.4. The largest absolute Gasteiger partial charge is 0.466 e. The Hall–Kier alpha value is -0.690. The van der Waals surface area contributed by atoms with Crippen molar-refractivity contribution in [2.75, 3.05) is 6.61 Å². The van der Waals surface area contributed by atoms with Crippen LogP contribution in [-0.2, 0) is 28.8 Å². The topological polar surface area (TPSA) is 63.2 Å². The van der Waals surface area contributed by atoms with Crippen molar-refractivity contribution in [3.63, 3.8) is 0 Å². The number of rotatable bonds is 19. The van der Waals surface area contributed by atoms with Gasteiger partial charge >= 0.3 is 5.97 Å². The van der Waals surface area contributed by atoms with E-state index in [1.54, 1.807) is 0 Å². The van der Waals surface area contributed by atoms with E-state index in [2.05, 4.69) is 20.8 Å². The highest BCUT2D eigenvalue weighted by molar-refractivity contribution is 5.70. The molecule has 1 spiro atoms. The van der Waals surface area contributed by atoms with E-state index in [0.717, 1.165) is 32.1 Å². The van der Waals surface area contributed by atoms with Crippen molar-refractivity contribution in [2.45, 2.75) is 186 Å². The van der Waals surface area contributed by atoms with E-state index in [1.807, 2.05) is 6.92 Å². The lowest BCUT2D eigenvalue weighted by molar-refractivity contribution is -0.571. The molecule has 4 saturated heterocycles. The van der Waals surface area contributed by atoms with Crippen LogP contribution < -0.4 is 0 Å². The SMILES string of the molecule is CCCCCCCCCCCCCCCCCCOC(=O)C[C@H]1O[C@@H]2O[C@@]3(C)CC[C@H]4[C@H](C)CC[C@@H]([C@H]1C)[C@@]24OO3. The third kappa shape index (κ3) is 8.70. The molecule has 4 aliphatic heterocycles. The van der Waals surface area contributed by atoms with Gasteiger partial charge in [0.15, 0.2) is 11.9 Å². The zero-order chi connectivity index (χ0) is 29.1. The molecule has 238 valence electrons. The molecule has 8 atom stereocenters. The van der Waals surface area contributed by atoms with Crippen molar-refractivity contribution in [1.82, 2.24) is 0 Å². The number of unbranched alkanes of at least 4 members (excludes halogenated alkanes) is 15. The first-order valence-electron chi connectivity index (χ1n) is 17.8. The van der Waals surface area contributed by atoms with E-state index in [9.17, 15) is 4.79 Å². The Balaban J connectivity index is 1.05. The minimum Gasteiger partial charge on any atom is -0.466 e. The van der Waals surface area contributed by atoms with Crippen molar-refractivity contribution in [3.8, 4) is 0 Å². The molecule has 0 aromatic rings. The molecule has 0 amide bonds. The molecular weight excluding hydrogens is 516 g/mol. The Kier molecular flexibility index (Phi) is 13.3. The van der Waals surface area contributed by atoms with Crippen molar-refractivity contribution < 1.29 is 28.8 Å². The molecule has 4 heterocycles. The van der Waals surface area contributed by atoms with E-state index in [0.29, 0.717) is 18.4 Å². The number of hydrogen-bond donors (Lipinski definition) is 0. The molecule has 2 bridgehead atoms. The normalized spacial score (nSPS) is 36.1. The van der Waals surface area contributed by atoms with E-state index < -0.39 is 17.7 Å². The quantitative estimate of drug-likeness (QED) is 0.0864. The van der Waals surface area contributed by atoms with Gasteiger partial charge in [-0.2, -0.15) is 0 Å². The molecule has 5 aliphatic rings. The first kappa shape index (κ1) is 33.2. The lowest BCUT2D eigenvalue weighted by Crippen LogP contribution is -2.70. The van der Waals surface area contributed by atoms with Crippen LogP contribution in [0.3, 0.4) is 0 Å². The van der Waals surface area contributed by atoms with Crippen LogP contribution in [0.25, 0.3) is 0 Å². The minimum atomic E-state index is -0.781. The molecule has 5 rings (SSSR count). The van der Waals surface area contributed by atoms with Gasteiger partial charge in [-0.1, -0.05) is 117 Å². The fourth-order valence-corrected chi connectivity index (χ4v) is 8.27. The van der Waals surface area contributed by atoms with Crippen molar-refractivity contribution in [3.05, 3.63) is 0 Å². The average Bonchev–Trinajstić information content (AvgIpc) is 3.19. The lowest BCUT2D eigenvalue weighted by Gasteiger charge is -2.60. The molecule has 6 nitrogen and oxygen atoms in total. The van der Waals surface area contributed by atoms with Crippen LogP contribution in [0.2, 0.25) is 0 Å². The summed E-state index contributed by atoms with van der Waals surface area (Å²) in [6.45, 7) is 9.27. The van der Waals surface area contributed by atoms with Crippen LogP contribution in [0.4, 0.5) is 0 Å². The number of hydrogen-bond acceptors (Lipinski definition) is 6. The highest BCUT2D eigenvalue weighted by Crippen LogP contribution is 2.60. The minimum absolute atomic E-state index is 0.151. The van der Waals surface area contributed by atoms with Gasteiger partial charge in [-0.3, -0.25) is 4.79 Å². The van der Waals surface area contributed by atoms with Crippen molar-refractivity contribution in [2.24, 2.45) is 23.7 Å². The van der Waals surface area contributed by atoms with Crippen LogP contribution >= 0.6 is 0 Å². The van der Waals surface area contributed by atoms with Gasteiger partial charge in [0.25, 0.3) is 0 Å². The molecule has 0 unspecified atom stereocenters. The van der Waals surface area contributed by atoms with Gasteiger partial charge in [-0.15, -0.1) is 0 Å². The van der Waals surface area contributed by atoms with Gasteiger partial charge in [0.1, 0.15) is 0 Å². The number of carbonyl (C=O) groups excluding carboxylic acids is 1. The zero-order valence-electron chi connectivity index (χ0n) is 27.0. The fourth-order valence-electron chi connectivity index (χ4n) is 8.27. The van der Waals surface area contributed by atoms with Crippen LogP contribution in [-0.4, -0.2) is 36.4 Å². The van der Waals surface area contributed by atoms with Crippen molar-refractivity contribution in [1.29, 1.82) is 0 Å². The summed E-state index contributed by atoms with van der Waals surface area (Å²) >= 11 is 0. The first-order chi connectivity index (χ1) is 19.9. The first-order valence-corrected chi connectivity index (χ1v) is 17.8. The van der Waals surface area contributed by atoms with E-state index >= 15 is 0 Å². The van der Waals surface area contributed by atoms with Crippen LogP contribution in [0, 0.1) is 23.7 Å². The fraction of sp³-hybridized carbons (Fsp3) is 0.971. The summed E-state index contributed by atoms with van der Waals surface area (Å²) in [6.07, 6.45) is 25.1. The van der Waals surface area contributed by atoms with Gasteiger partial charge in [-0.05, 0) is 50.4 Å². The monoisotopic (exact) mass is 578 g/mol. The molecule has 0 aromatic carbocycles. The predicted molar refractivity (Wildman–Crippen MR) is 162 cm³/mol. The second-order valence-corrected chi connectivity index (χ2v) is 14.2. The van der Waals surface area contributed by atoms with Gasteiger partial charge in [-0.25, -0.2) is 9.78 Å². The van der Waals surface area contributed by atoms with Crippen LogP contribution in [0.1, 0.15) is 163 Å². The predicted octanol–water partition coefficient (Wildman–Crippen LogP) is 9.43. The van der Waals surface area contributed by atoms with E-state index in [-0.39, 0.29) is 30.3 Å². The van der Waals surface area contributed by atoms with Crippen LogP contribution in [0.15, 0.2) is 0 Å². The molecule has 6 heteroatoms. The molecular formula is C35H62O6. The van der Waals surface area contributed by atoms with Gasteiger partial charge < -0.3 is 14.2 Å². The summed E-state index contributed by atoms with van der Waals surface area (Å²) in [5, 5.41) is 0. The Morgan fingerprint density at radius 1 is 0.756 bits per heavy atom. The summed E-state index contributed by atoms with van der Waals surface area (Å²) in [5.74, 6) is 0.388. The third-order valence-corrected chi connectivity index (χ3v) is 10.9. The summed E-state index contributed by atoms with van der Waals surface area (Å²) in [5.41, 5.74) is -0.568. The summed E-state index contributed by atoms with van der Waals surface area (Å²) < 4.78 is 18.6. The number of fused-ring (bicyclic) bond motifs is 2. The smallest absolute Gasteiger partial charge is 0.308 e. The third-order valence-electron chi connectivity index (χ3n) is 10.9. The Morgan fingerprint density at radius 3 is 1.95 bits per heavy atom. The Labute approximate surface area is 251 Å². The standard InChI is InChI=1S/C35H62O6/c1-5-6-7-8-9-10-11-12-13-14-15-16-17-18-19-20-25-37-32(36)26-31-28(3)30-22-21-27(2)29-23-24-34(4)39-33(38-31)35(29,30)41-40-34/h27-31,33H,5-26H2,1-4H3/t27-,28-,29+,30+,31-,33-,34-,35-/m1/s1. The molecule has 0 aromatic heterocycles. The highest BCUT2D eigenvalue weighted by Gasteiger charge is 2.69.